The predicted octanol–water partition coefficient (Wildman–Crippen LogP) is 4.49. The van der Waals surface area contributed by atoms with Crippen molar-refractivity contribution < 1.29 is 0 Å². The Bertz CT molecular complexity index is 743. The van der Waals surface area contributed by atoms with Crippen molar-refractivity contribution in [3.05, 3.63) is 70.5 Å². The lowest BCUT2D eigenvalue weighted by molar-refractivity contribution is 0.687. The van der Waals surface area contributed by atoms with E-state index < -0.39 is 0 Å². The maximum atomic E-state index is 6.18. The van der Waals surface area contributed by atoms with E-state index in [-0.39, 0.29) is 0 Å². The summed E-state index contributed by atoms with van der Waals surface area (Å²) in [6.07, 6.45) is 3.78. The van der Waals surface area contributed by atoms with Crippen LogP contribution in [0.4, 0.5) is 5.69 Å². The largest absolute Gasteiger partial charge is 0.399 e. The average Bonchev–Trinajstić information content (AvgIpc) is 2.92. The molecule has 0 spiro atoms. The molecule has 0 aliphatic heterocycles. The summed E-state index contributed by atoms with van der Waals surface area (Å²) in [7, 11) is 0. The van der Waals surface area contributed by atoms with Gasteiger partial charge in [-0.05, 0) is 29.8 Å². The van der Waals surface area contributed by atoms with Gasteiger partial charge in [0.1, 0.15) is 0 Å². The van der Waals surface area contributed by atoms with Crippen LogP contribution in [0.2, 0.25) is 10.0 Å². The standard InChI is InChI=1S/C16H13Cl2N3/c17-15-2-1-3-16(18)14(15)10-21-9-12(8-20-21)11-4-6-13(19)7-5-11/h1-9H,10,19H2. The lowest BCUT2D eigenvalue weighted by atomic mass is 10.1. The molecule has 2 N–H and O–H groups in total. The van der Waals surface area contributed by atoms with Crippen molar-refractivity contribution in [3.8, 4) is 11.1 Å². The Morgan fingerprint density at radius 1 is 0.952 bits per heavy atom. The maximum absolute atomic E-state index is 6.18. The van der Waals surface area contributed by atoms with E-state index in [0.717, 1.165) is 22.4 Å². The number of hydrogen-bond donors (Lipinski definition) is 1. The molecule has 5 heteroatoms. The van der Waals surface area contributed by atoms with Crippen LogP contribution in [0.3, 0.4) is 0 Å². The third-order valence-corrected chi connectivity index (χ3v) is 3.97. The molecule has 0 unspecified atom stereocenters. The first kappa shape index (κ1) is 14.0. The van der Waals surface area contributed by atoms with Gasteiger partial charge in [-0.25, -0.2) is 0 Å². The second kappa shape index (κ2) is 5.80. The van der Waals surface area contributed by atoms with Crippen molar-refractivity contribution in [2.24, 2.45) is 0 Å². The average molecular weight is 318 g/mol. The highest BCUT2D eigenvalue weighted by Crippen LogP contribution is 2.26. The van der Waals surface area contributed by atoms with E-state index in [0.29, 0.717) is 16.6 Å². The fourth-order valence-corrected chi connectivity index (χ4v) is 2.64. The Hall–Kier alpha value is -1.97. The van der Waals surface area contributed by atoms with Crippen LogP contribution in [-0.2, 0) is 6.54 Å². The fraction of sp³-hybridized carbons (Fsp3) is 0.0625. The molecule has 2 aromatic carbocycles. The van der Waals surface area contributed by atoms with Crippen molar-refractivity contribution >= 4 is 28.9 Å². The molecule has 0 radical (unpaired) electrons. The van der Waals surface area contributed by atoms with Crippen LogP contribution in [0, 0.1) is 0 Å². The number of benzene rings is 2. The second-order valence-electron chi connectivity index (χ2n) is 4.75. The fourth-order valence-electron chi connectivity index (χ4n) is 2.12. The summed E-state index contributed by atoms with van der Waals surface area (Å²) in [5.41, 5.74) is 9.40. The summed E-state index contributed by atoms with van der Waals surface area (Å²) in [5, 5.41) is 5.65. The van der Waals surface area contributed by atoms with Gasteiger partial charge < -0.3 is 5.73 Å². The molecule has 0 fully saturated rings. The summed E-state index contributed by atoms with van der Waals surface area (Å²) in [5.74, 6) is 0. The molecule has 0 aliphatic carbocycles. The van der Waals surface area contributed by atoms with Crippen LogP contribution < -0.4 is 5.73 Å². The van der Waals surface area contributed by atoms with E-state index in [1.807, 2.05) is 59.5 Å². The lowest BCUT2D eigenvalue weighted by Crippen LogP contribution is -2.01. The van der Waals surface area contributed by atoms with Crippen molar-refractivity contribution in [1.82, 2.24) is 9.78 Å². The first-order valence-corrected chi connectivity index (χ1v) is 7.20. The van der Waals surface area contributed by atoms with Crippen LogP contribution >= 0.6 is 23.2 Å². The van der Waals surface area contributed by atoms with Gasteiger partial charge in [-0.3, -0.25) is 4.68 Å². The molecule has 21 heavy (non-hydrogen) atoms. The minimum absolute atomic E-state index is 0.535. The van der Waals surface area contributed by atoms with Crippen LogP contribution in [0.5, 0.6) is 0 Å². The minimum atomic E-state index is 0.535. The van der Waals surface area contributed by atoms with E-state index in [4.69, 9.17) is 28.9 Å². The quantitative estimate of drug-likeness (QED) is 0.723. The smallest absolute Gasteiger partial charge is 0.0688 e. The Kier molecular flexibility index (Phi) is 3.86. The van der Waals surface area contributed by atoms with Crippen LogP contribution in [-0.4, -0.2) is 9.78 Å². The minimum Gasteiger partial charge on any atom is -0.399 e. The predicted molar refractivity (Wildman–Crippen MR) is 87.6 cm³/mol. The van der Waals surface area contributed by atoms with E-state index >= 15 is 0 Å². The number of nitrogen functional groups attached to an aromatic ring is 1. The van der Waals surface area contributed by atoms with Gasteiger partial charge in [0.15, 0.2) is 0 Å². The summed E-state index contributed by atoms with van der Waals surface area (Å²) >= 11 is 12.4. The third-order valence-electron chi connectivity index (χ3n) is 3.26. The Morgan fingerprint density at radius 3 is 2.29 bits per heavy atom. The molecular weight excluding hydrogens is 305 g/mol. The molecule has 1 aromatic heterocycles. The number of halogens is 2. The van der Waals surface area contributed by atoms with Crippen LogP contribution in [0.1, 0.15) is 5.56 Å². The summed E-state index contributed by atoms with van der Waals surface area (Å²) in [6, 6.07) is 13.2. The topological polar surface area (TPSA) is 43.8 Å². The molecule has 3 aromatic rings. The number of hydrogen-bond acceptors (Lipinski definition) is 2. The van der Waals surface area contributed by atoms with Gasteiger partial charge in [-0.15, -0.1) is 0 Å². The van der Waals surface area contributed by atoms with Gasteiger partial charge in [-0.2, -0.15) is 5.10 Å². The van der Waals surface area contributed by atoms with E-state index in [1.54, 1.807) is 0 Å². The Balaban J connectivity index is 1.87. The number of nitrogens with zero attached hydrogens (tertiary/aromatic N) is 2. The number of nitrogens with two attached hydrogens (primary N) is 1. The highest BCUT2D eigenvalue weighted by molar-refractivity contribution is 6.35. The zero-order valence-corrected chi connectivity index (χ0v) is 12.6. The van der Waals surface area contributed by atoms with Crippen molar-refractivity contribution in [2.75, 3.05) is 5.73 Å². The van der Waals surface area contributed by atoms with Crippen molar-refractivity contribution in [2.45, 2.75) is 6.54 Å². The van der Waals surface area contributed by atoms with E-state index in [1.165, 1.54) is 0 Å². The molecule has 0 bridgehead atoms. The molecule has 3 rings (SSSR count). The molecule has 0 saturated heterocycles. The molecule has 1 heterocycles. The lowest BCUT2D eigenvalue weighted by Gasteiger charge is -2.06. The van der Waals surface area contributed by atoms with E-state index in [2.05, 4.69) is 5.10 Å². The number of aromatic nitrogens is 2. The van der Waals surface area contributed by atoms with Gasteiger partial charge in [0.05, 0.1) is 12.7 Å². The van der Waals surface area contributed by atoms with Gasteiger partial charge in [-0.1, -0.05) is 41.4 Å². The SMILES string of the molecule is Nc1ccc(-c2cnn(Cc3c(Cl)cccc3Cl)c2)cc1. The Labute approximate surface area is 132 Å². The van der Waals surface area contributed by atoms with Gasteiger partial charge >= 0.3 is 0 Å². The molecule has 0 aliphatic rings. The molecule has 0 atom stereocenters. The molecular formula is C16H13Cl2N3. The number of rotatable bonds is 3. The van der Waals surface area contributed by atoms with Gasteiger partial charge in [0.25, 0.3) is 0 Å². The highest BCUT2D eigenvalue weighted by Gasteiger charge is 2.08. The highest BCUT2D eigenvalue weighted by atomic mass is 35.5. The normalized spacial score (nSPS) is 10.8. The zero-order chi connectivity index (χ0) is 14.8. The molecule has 106 valence electrons. The summed E-state index contributed by atoms with van der Waals surface area (Å²) in [6.45, 7) is 0.535. The summed E-state index contributed by atoms with van der Waals surface area (Å²) in [4.78, 5) is 0. The van der Waals surface area contributed by atoms with Crippen LogP contribution in [0.25, 0.3) is 11.1 Å². The third kappa shape index (κ3) is 3.04. The molecule has 0 amide bonds. The molecule has 3 nitrogen and oxygen atoms in total. The van der Waals surface area contributed by atoms with Gasteiger partial charge in [0, 0.05) is 33.1 Å². The first-order chi connectivity index (χ1) is 10.1. The monoisotopic (exact) mass is 317 g/mol. The second-order valence-corrected chi connectivity index (χ2v) is 5.56. The van der Waals surface area contributed by atoms with Crippen LogP contribution in [0.15, 0.2) is 54.9 Å². The van der Waals surface area contributed by atoms with Crippen molar-refractivity contribution in [3.63, 3.8) is 0 Å². The maximum Gasteiger partial charge on any atom is 0.0688 e. The van der Waals surface area contributed by atoms with E-state index in [9.17, 15) is 0 Å². The van der Waals surface area contributed by atoms with Gasteiger partial charge in [0.2, 0.25) is 0 Å². The Morgan fingerprint density at radius 2 is 1.62 bits per heavy atom. The first-order valence-electron chi connectivity index (χ1n) is 6.45. The van der Waals surface area contributed by atoms with Crippen molar-refractivity contribution in [1.29, 1.82) is 0 Å². The number of anilines is 1. The zero-order valence-electron chi connectivity index (χ0n) is 11.1. The molecule has 0 saturated carbocycles. The summed E-state index contributed by atoms with van der Waals surface area (Å²) < 4.78 is 1.82.